The molecule has 5 nitrogen and oxygen atoms in total. The van der Waals surface area contributed by atoms with Crippen LogP contribution in [0.4, 0.5) is 5.13 Å². The Morgan fingerprint density at radius 3 is 2.80 bits per heavy atom. The van der Waals surface area contributed by atoms with Gasteiger partial charge >= 0.3 is 5.97 Å². The molecular formula is C14H21N3O2S. The summed E-state index contributed by atoms with van der Waals surface area (Å²) in [5.74, 6) is 0.785. The van der Waals surface area contributed by atoms with E-state index in [0.717, 1.165) is 17.5 Å². The third-order valence-electron chi connectivity index (χ3n) is 4.66. The Hall–Kier alpha value is -1.17. The molecule has 0 aromatic carbocycles. The molecule has 1 aromatic rings. The monoisotopic (exact) mass is 295 g/mol. The highest BCUT2D eigenvalue weighted by molar-refractivity contribution is 7.09. The highest BCUT2D eigenvalue weighted by Crippen LogP contribution is 2.36. The molecule has 2 fully saturated rings. The second-order valence-corrected chi connectivity index (χ2v) is 7.04. The lowest BCUT2D eigenvalue weighted by Gasteiger charge is -2.20. The quantitative estimate of drug-likeness (QED) is 0.928. The van der Waals surface area contributed by atoms with E-state index in [1.54, 1.807) is 0 Å². The van der Waals surface area contributed by atoms with E-state index in [4.69, 9.17) is 0 Å². The Bertz CT molecular complexity index is 498. The fraction of sp³-hybridized carbons (Fsp3) is 0.786. The van der Waals surface area contributed by atoms with Crippen LogP contribution in [0.2, 0.25) is 0 Å². The number of aromatic nitrogens is 2. The van der Waals surface area contributed by atoms with E-state index in [1.165, 1.54) is 43.6 Å². The number of aliphatic carboxylic acids is 1. The summed E-state index contributed by atoms with van der Waals surface area (Å²) < 4.78 is 4.52. The molecule has 0 radical (unpaired) electrons. The number of hydrogen-bond donors (Lipinski definition) is 1. The van der Waals surface area contributed by atoms with Crippen LogP contribution in [0.25, 0.3) is 0 Å². The SMILES string of the molecule is CC1(C(=O)O)CCN(c2nc(C3CCCCC3)ns2)C1. The van der Waals surface area contributed by atoms with E-state index in [1.807, 2.05) is 6.92 Å². The first kappa shape index (κ1) is 13.8. The maximum absolute atomic E-state index is 11.3. The summed E-state index contributed by atoms with van der Waals surface area (Å²) in [6.45, 7) is 3.13. The molecule has 2 aliphatic rings. The number of hydrogen-bond acceptors (Lipinski definition) is 5. The molecule has 1 N–H and O–H groups in total. The molecule has 0 spiro atoms. The minimum absolute atomic E-state index is 0.516. The molecule has 0 bridgehead atoms. The first-order chi connectivity index (χ1) is 9.58. The summed E-state index contributed by atoms with van der Waals surface area (Å²) >= 11 is 1.42. The summed E-state index contributed by atoms with van der Waals surface area (Å²) in [6, 6.07) is 0. The summed E-state index contributed by atoms with van der Waals surface area (Å²) in [5, 5.41) is 10.2. The van der Waals surface area contributed by atoms with Gasteiger partial charge in [-0.25, -0.2) is 4.98 Å². The molecule has 1 unspecified atom stereocenters. The van der Waals surface area contributed by atoms with Crippen molar-refractivity contribution in [2.24, 2.45) is 5.41 Å². The van der Waals surface area contributed by atoms with Gasteiger partial charge in [0.05, 0.1) is 5.41 Å². The Morgan fingerprint density at radius 2 is 2.15 bits per heavy atom. The van der Waals surface area contributed by atoms with Crippen LogP contribution in [0.5, 0.6) is 0 Å². The zero-order valence-electron chi connectivity index (χ0n) is 11.8. The van der Waals surface area contributed by atoms with Crippen LogP contribution in [0, 0.1) is 5.41 Å². The average Bonchev–Trinajstić information content (AvgIpc) is 3.07. The molecule has 2 heterocycles. The van der Waals surface area contributed by atoms with Gasteiger partial charge in [-0.2, -0.15) is 4.37 Å². The molecule has 1 aromatic heterocycles. The van der Waals surface area contributed by atoms with Gasteiger partial charge in [0, 0.05) is 30.5 Å². The van der Waals surface area contributed by atoms with Gasteiger partial charge in [0.25, 0.3) is 0 Å². The zero-order valence-corrected chi connectivity index (χ0v) is 12.7. The predicted octanol–water partition coefficient (Wildman–Crippen LogP) is 2.89. The lowest BCUT2D eigenvalue weighted by molar-refractivity contribution is -0.146. The van der Waals surface area contributed by atoms with Crippen LogP contribution in [-0.4, -0.2) is 33.5 Å². The Balaban J connectivity index is 1.70. The van der Waals surface area contributed by atoms with Crippen molar-refractivity contribution in [1.29, 1.82) is 0 Å². The first-order valence-corrected chi connectivity index (χ1v) is 8.18. The predicted molar refractivity (Wildman–Crippen MR) is 78.3 cm³/mol. The normalized spacial score (nSPS) is 27.9. The number of nitrogens with zero attached hydrogens (tertiary/aromatic N) is 3. The van der Waals surface area contributed by atoms with Gasteiger partial charge in [-0.05, 0) is 26.2 Å². The van der Waals surface area contributed by atoms with E-state index < -0.39 is 11.4 Å². The van der Waals surface area contributed by atoms with Crippen molar-refractivity contribution in [3.05, 3.63) is 5.82 Å². The lowest BCUT2D eigenvalue weighted by Crippen LogP contribution is -2.31. The smallest absolute Gasteiger partial charge is 0.311 e. The van der Waals surface area contributed by atoms with Gasteiger partial charge in [0.1, 0.15) is 5.82 Å². The molecule has 1 aliphatic carbocycles. The molecule has 1 aliphatic heterocycles. The lowest BCUT2D eigenvalue weighted by atomic mass is 9.89. The molecule has 1 saturated heterocycles. The van der Waals surface area contributed by atoms with E-state index in [-0.39, 0.29) is 0 Å². The number of rotatable bonds is 3. The third kappa shape index (κ3) is 2.53. The van der Waals surface area contributed by atoms with Gasteiger partial charge in [-0.3, -0.25) is 4.79 Å². The number of carbonyl (C=O) groups is 1. The van der Waals surface area contributed by atoms with Gasteiger partial charge < -0.3 is 10.0 Å². The second-order valence-electron chi connectivity index (χ2n) is 6.31. The van der Waals surface area contributed by atoms with Crippen LogP contribution in [0.15, 0.2) is 0 Å². The molecule has 6 heteroatoms. The van der Waals surface area contributed by atoms with Crippen molar-refractivity contribution in [3.63, 3.8) is 0 Å². The van der Waals surface area contributed by atoms with Crippen LogP contribution >= 0.6 is 11.5 Å². The van der Waals surface area contributed by atoms with Crippen molar-refractivity contribution in [2.75, 3.05) is 18.0 Å². The van der Waals surface area contributed by atoms with Gasteiger partial charge in [-0.15, -0.1) is 0 Å². The molecule has 0 amide bonds. The van der Waals surface area contributed by atoms with Crippen molar-refractivity contribution >= 4 is 22.6 Å². The van der Waals surface area contributed by atoms with Crippen molar-refractivity contribution in [3.8, 4) is 0 Å². The maximum Gasteiger partial charge on any atom is 0.311 e. The van der Waals surface area contributed by atoms with Crippen LogP contribution < -0.4 is 4.90 Å². The summed E-state index contributed by atoms with van der Waals surface area (Å²) in [5.41, 5.74) is -0.642. The molecule has 1 saturated carbocycles. The molecule has 1 atom stereocenters. The Morgan fingerprint density at radius 1 is 1.40 bits per heavy atom. The van der Waals surface area contributed by atoms with Crippen LogP contribution in [0.1, 0.15) is 57.2 Å². The summed E-state index contributed by atoms with van der Waals surface area (Å²) in [7, 11) is 0. The number of anilines is 1. The third-order valence-corrected chi connectivity index (χ3v) is 5.45. The topological polar surface area (TPSA) is 66.3 Å². The number of carboxylic acids is 1. The molecule has 3 rings (SSSR count). The number of carboxylic acid groups (broad SMARTS) is 1. The fourth-order valence-electron chi connectivity index (χ4n) is 3.18. The fourth-order valence-corrected chi connectivity index (χ4v) is 3.95. The zero-order chi connectivity index (χ0) is 14.2. The summed E-state index contributed by atoms with van der Waals surface area (Å²) in [4.78, 5) is 18.1. The second kappa shape index (κ2) is 5.31. The molecule has 110 valence electrons. The van der Waals surface area contributed by atoms with E-state index in [9.17, 15) is 9.90 Å². The van der Waals surface area contributed by atoms with Crippen LogP contribution in [0.3, 0.4) is 0 Å². The first-order valence-electron chi connectivity index (χ1n) is 7.40. The Kier molecular flexibility index (Phi) is 3.67. The average molecular weight is 295 g/mol. The largest absolute Gasteiger partial charge is 0.481 e. The maximum atomic E-state index is 11.3. The minimum atomic E-state index is -0.711. The highest BCUT2D eigenvalue weighted by atomic mass is 32.1. The highest BCUT2D eigenvalue weighted by Gasteiger charge is 2.41. The standard InChI is InChI=1S/C14H21N3O2S/c1-14(12(18)19)7-8-17(9-14)13-15-11(16-20-13)10-5-3-2-4-6-10/h10H,2-9H2,1H3,(H,18,19). The van der Waals surface area contributed by atoms with E-state index in [0.29, 0.717) is 18.9 Å². The van der Waals surface area contributed by atoms with E-state index in [2.05, 4.69) is 14.3 Å². The Labute approximate surface area is 123 Å². The molecular weight excluding hydrogens is 274 g/mol. The molecule has 20 heavy (non-hydrogen) atoms. The minimum Gasteiger partial charge on any atom is -0.481 e. The van der Waals surface area contributed by atoms with Gasteiger partial charge in [0.15, 0.2) is 0 Å². The van der Waals surface area contributed by atoms with Crippen LogP contribution in [-0.2, 0) is 4.79 Å². The summed E-state index contributed by atoms with van der Waals surface area (Å²) in [6.07, 6.45) is 6.96. The van der Waals surface area contributed by atoms with Crippen molar-refractivity contribution in [1.82, 2.24) is 9.36 Å². The van der Waals surface area contributed by atoms with Gasteiger partial charge in [0.2, 0.25) is 5.13 Å². The van der Waals surface area contributed by atoms with Gasteiger partial charge in [-0.1, -0.05) is 19.3 Å². The van der Waals surface area contributed by atoms with Crippen molar-refractivity contribution in [2.45, 2.75) is 51.4 Å². The van der Waals surface area contributed by atoms with E-state index >= 15 is 0 Å². The van der Waals surface area contributed by atoms with Crippen molar-refractivity contribution < 1.29 is 9.90 Å².